The Labute approximate surface area is 161 Å². The van der Waals surface area contributed by atoms with Gasteiger partial charge in [-0.15, -0.1) is 11.3 Å². The van der Waals surface area contributed by atoms with Gasteiger partial charge >= 0.3 is 0 Å². The molecule has 0 atom stereocenters. The van der Waals surface area contributed by atoms with Gasteiger partial charge in [-0.25, -0.2) is 0 Å². The van der Waals surface area contributed by atoms with E-state index in [1.165, 1.54) is 19.9 Å². The summed E-state index contributed by atoms with van der Waals surface area (Å²) in [4.78, 5) is 6.98. The normalized spacial score (nSPS) is 11.3. The molecule has 0 bridgehead atoms. The van der Waals surface area contributed by atoms with Gasteiger partial charge in [0.05, 0.1) is 17.0 Å². The Hall–Kier alpha value is -2.56. The Morgan fingerprint density at radius 1 is 0.885 bits per heavy atom. The molecule has 0 aliphatic rings. The van der Waals surface area contributed by atoms with Crippen LogP contribution in [-0.4, -0.2) is 13.3 Å². The first-order valence-electron chi connectivity index (χ1n) is 8.25. The van der Waals surface area contributed by atoms with E-state index >= 15 is 0 Å². The van der Waals surface area contributed by atoms with Crippen molar-refractivity contribution in [1.29, 1.82) is 0 Å². The molecule has 4 rings (SSSR count). The van der Waals surface area contributed by atoms with Gasteiger partial charge in [-0.2, -0.15) is 0 Å². The molecule has 1 aromatic heterocycles. The van der Waals surface area contributed by atoms with Crippen LogP contribution in [0.3, 0.4) is 0 Å². The summed E-state index contributed by atoms with van der Waals surface area (Å²) < 4.78 is 6.45. The van der Waals surface area contributed by atoms with Crippen LogP contribution in [0.2, 0.25) is 0 Å². The summed E-state index contributed by atoms with van der Waals surface area (Å²) >= 11 is 3.50. The molecule has 0 fully saturated rings. The highest BCUT2D eigenvalue weighted by atomic mass is 32.2. The topological polar surface area (TPSA) is 21.6 Å². The third kappa shape index (κ3) is 3.98. The highest BCUT2D eigenvalue weighted by Crippen LogP contribution is 2.34. The molecule has 1 heterocycles. The van der Waals surface area contributed by atoms with Crippen molar-refractivity contribution in [2.24, 2.45) is 4.99 Å². The summed E-state index contributed by atoms with van der Waals surface area (Å²) in [5.41, 5.74) is 0.974. The summed E-state index contributed by atoms with van der Waals surface area (Å²) in [5.74, 6) is 0.878. The van der Waals surface area contributed by atoms with E-state index in [2.05, 4.69) is 71.7 Å². The molecule has 0 N–H and O–H groups in total. The predicted octanol–water partition coefficient (Wildman–Crippen LogP) is 6.81. The second-order valence-corrected chi connectivity index (χ2v) is 8.21. The predicted molar refractivity (Wildman–Crippen MR) is 113 cm³/mol. The first kappa shape index (κ1) is 16.9. The monoisotopic (exact) mass is 375 g/mol. The largest absolute Gasteiger partial charge is 0.497 e. The Kier molecular flexibility index (Phi) is 5.04. The molecule has 26 heavy (non-hydrogen) atoms. The smallest absolute Gasteiger partial charge is 0.118 e. The molecule has 3 aromatic carbocycles. The Morgan fingerprint density at radius 3 is 2.50 bits per heavy atom. The third-order valence-electron chi connectivity index (χ3n) is 3.95. The van der Waals surface area contributed by atoms with Gasteiger partial charge in [0.15, 0.2) is 0 Å². The van der Waals surface area contributed by atoms with Gasteiger partial charge < -0.3 is 4.74 Å². The van der Waals surface area contributed by atoms with Crippen LogP contribution in [0.4, 0.5) is 5.69 Å². The van der Waals surface area contributed by atoms with Crippen LogP contribution in [0.25, 0.3) is 10.8 Å². The molecule has 0 aliphatic heterocycles. The maximum atomic E-state index is 5.20. The molecule has 0 aliphatic carbocycles. The molecular formula is C22H17NOS2. The average molecular weight is 376 g/mol. The number of rotatable bonds is 5. The number of ether oxygens (including phenoxy) is 1. The first-order chi connectivity index (χ1) is 12.8. The van der Waals surface area contributed by atoms with Gasteiger partial charge in [0, 0.05) is 16.0 Å². The molecule has 0 spiro atoms. The summed E-state index contributed by atoms with van der Waals surface area (Å²) in [5, 5.41) is 2.45. The van der Waals surface area contributed by atoms with Gasteiger partial charge in [0.1, 0.15) is 5.75 Å². The van der Waals surface area contributed by atoms with E-state index in [1.807, 2.05) is 18.3 Å². The Bertz CT molecular complexity index is 1050. The zero-order valence-corrected chi connectivity index (χ0v) is 15.9. The number of methoxy groups -OCH3 is 1. The van der Waals surface area contributed by atoms with E-state index in [-0.39, 0.29) is 0 Å². The van der Waals surface area contributed by atoms with E-state index in [9.17, 15) is 0 Å². The van der Waals surface area contributed by atoms with Crippen molar-refractivity contribution in [3.05, 3.63) is 83.7 Å². The lowest BCUT2D eigenvalue weighted by Crippen LogP contribution is -1.80. The molecule has 4 heteroatoms. The molecular weight excluding hydrogens is 358 g/mol. The molecule has 0 unspecified atom stereocenters. The van der Waals surface area contributed by atoms with Crippen molar-refractivity contribution >= 4 is 45.8 Å². The first-order valence-corrected chi connectivity index (χ1v) is 9.88. The van der Waals surface area contributed by atoms with Crippen LogP contribution in [0.15, 0.2) is 93.0 Å². The average Bonchev–Trinajstić information content (AvgIpc) is 3.14. The molecule has 2 nitrogen and oxygen atoms in total. The Balaban J connectivity index is 1.47. The van der Waals surface area contributed by atoms with Crippen LogP contribution in [0, 0.1) is 0 Å². The fraction of sp³-hybridized carbons (Fsp3) is 0.0455. The fourth-order valence-electron chi connectivity index (χ4n) is 2.61. The van der Waals surface area contributed by atoms with Crippen molar-refractivity contribution in [3.63, 3.8) is 0 Å². The zero-order valence-electron chi connectivity index (χ0n) is 14.3. The van der Waals surface area contributed by atoms with Crippen LogP contribution in [-0.2, 0) is 0 Å². The summed E-state index contributed by atoms with van der Waals surface area (Å²) in [7, 11) is 1.68. The number of aliphatic imine (C=N–C) groups is 1. The number of benzene rings is 3. The second kappa shape index (κ2) is 7.77. The van der Waals surface area contributed by atoms with Crippen molar-refractivity contribution in [1.82, 2.24) is 0 Å². The van der Waals surface area contributed by atoms with Crippen molar-refractivity contribution in [2.45, 2.75) is 9.10 Å². The maximum Gasteiger partial charge on any atom is 0.118 e. The van der Waals surface area contributed by atoms with Crippen LogP contribution in [0.5, 0.6) is 5.75 Å². The van der Waals surface area contributed by atoms with Crippen molar-refractivity contribution in [2.75, 3.05) is 7.11 Å². The lowest BCUT2D eigenvalue weighted by Gasteiger charge is -2.01. The van der Waals surface area contributed by atoms with Gasteiger partial charge in [-0.3, -0.25) is 4.99 Å². The summed E-state index contributed by atoms with van der Waals surface area (Å²) in [6, 6.07) is 27.0. The molecule has 4 aromatic rings. The fourth-order valence-corrected chi connectivity index (χ4v) is 4.61. The van der Waals surface area contributed by atoms with Gasteiger partial charge in [0.2, 0.25) is 0 Å². The second-order valence-electron chi connectivity index (χ2n) is 5.72. The number of thiophene rings is 1. The van der Waals surface area contributed by atoms with Crippen molar-refractivity contribution in [3.8, 4) is 5.75 Å². The standard InChI is InChI=1S/C22H17NOS2/c1-24-19-8-10-20(11-9-19)25-22-13-12-21(26-22)15-23-18-7-6-16-4-2-3-5-17(16)14-18/h2-15H,1H3. The SMILES string of the molecule is COc1ccc(Sc2ccc(C=Nc3ccc4ccccc4c3)s2)cc1. The van der Waals surface area contributed by atoms with E-state index in [4.69, 9.17) is 4.74 Å². The van der Waals surface area contributed by atoms with Crippen LogP contribution >= 0.6 is 23.1 Å². The maximum absolute atomic E-state index is 5.20. The minimum absolute atomic E-state index is 0.878. The number of nitrogens with zero attached hydrogens (tertiary/aromatic N) is 1. The third-order valence-corrected chi connectivity index (χ3v) is 6.11. The number of hydrogen-bond donors (Lipinski definition) is 0. The molecule has 0 radical (unpaired) electrons. The van der Waals surface area contributed by atoms with Crippen LogP contribution < -0.4 is 4.74 Å². The van der Waals surface area contributed by atoms with Crippen molar-refractivity contribution < 1.29 is 4.74 Å². The van der Waals surface area contributed by atoms with E-state index < -0.39 is 0 Å². The number of hydrogen-bond acceptors (Lipinski definition) is 4. The van der Waals surface area contributed by atoms with Gasteiger partial charge in [-0.1, -0.05) is 42.1 Å². The minimum Gasteiger partial charge on any atom is -0.497 e. The van der Waals surface area contributed by atoms with Crippen LogP contribution in [0.1, 0.15) is 4.88 Å². The van der Waals surface area contributed by atoms with Gasteiger partial charge in [0.25, 0.3) is 0 Å². The highest BCUT2D eigenvalue weighted by molar-refractivity contribution is 8.01. The summed E-state index contributed by atoms with van der Waals surface area (Å²) in [6.07, 6.45) is 1.94. The molecule has 128 valence electrons. The number of fused-ring (bicyclic) bond motifs is 1. The lowest BCUT2D eigenvalue weighted by molar-refractivity contribution is 0.414. The van der Waals surface area contributed by atoms with E-state index in [1.54, 1.807) is 30.2 Å². The van der Waals surface area contributed by atoms with E-state index in [0.29, 0.717) is 0 Å². The van der Waals surface area contributed by atoms with E-state index in [0.717, 1.165) is 16.3 Å². The summed E-state index contributed by atoms with van der Waals surface area (Å²) in [6.45, 7) is 0. The lowest BCUT2D eigenvalue weighted by atomic mass is 10.1. The quantitative estimate of drug-likeness (QED) is 0.357. The molecule has 0 amide bonds. The highest BCUT2D eigenvalue weighted by Gasteiger charge is 2.02. The minimum atomic E-state index is 0.878. The molecule has 0 saturated heterocycles. The van der Waals surface area contributed by atoms with Gasteiger partial charge in [-0.05, 0) is 59.3 Å². The zero-order chi connectivity index (χ0) is 17.8. The Morgan fingerprint density at radius 2 is 1.69 bits per heavy atom. The molecule has 0 saturated carbocycles.